The summed E-state index contributed by atoms with van der Waals surface area (Å²) in [6.07, 6.45) is -0.0362. The Morgan fingerprint density at radius 1 is 1.42 bits per heavy atom. The summed E-state index contributed by atoms with van der Waals surface area (Å²) in [5.74, 6) is 0. The third-order valence-electron chi connectivity index (χ3n) is 2.66. The highest BCUT2D eigenvalue weighted by molar-refractivity contribution is 5.68. The molecule has 0 radical (unpaired) electrons. The predicted octanol–water partition coefficient (Wildman–Crippen LogP) is 2.63. The van der Waals surface area contributed by atoms with E-state index in [9.17, 15) is 9.90 Å². The molecule has 0 fully saturated rings. The number of rotatable bonds is 6. The molecule has 19 heavy (non-hydrogen) atoms. The third-order valence-corrected chi connectivity index (χ3v) is 2.66. The number of carbonyl (C=O) groups is 1. The first-order chi connectivity index (χ1) is 8.95. The van der Waals surface area contributed by atoms with Crippen molar-refractivity contribution < 1.29 is 14.6 Å². The maximum atomic E-state index is 11.7. The first kappa shape index (κ1) is 15.2. The molecule has 0 aliphatic heterocycles. The van der Waals surface area contributed by atoms with Crippen molar-refractivity contribution in [3.63, 3.8) is 0 Å². The monoisotopic (exact) mass is 263 g/mol. The summed E-state index contributed by atoms with van der Waals surface area (Å²) in [6, 6.07) is 9.43. The molecule has 0 heterocycles. The van der Waals surface area contributed by atoms with Gasteiger partial charge in [-0.25, -0.2) is 4.79 Å². The van der Waals surface area contributed by atoms with Crippen LogP contribution in [-0.4, -0.2) is 23.3 Å². The van der Waals surface area contributed by atoms with E-state index in [1.807, 2.05) is 37.3 Å². The van der Waals surface area contributed by atoms with Gasteiger partial charge in [0, 0.05) is 0 Å². The summed E-state index contributed by atoms with van der Waals surface area (Å²) in [4.78, 5) is 11.7. The molecule has 0 spiro atoms. The van der Waals surface area contributed by atoms with Gasteiger partial charge < -0.3 is 15.2 Å². The van der Waals surface area contributed by atoms with Crippen LogP contribution in [0.3, 0.4) is 0 Å². The number of hydrogen-bond donors (Lipinski definition) is 2. The van der Waals surface area contributed by atoms with Crippen LogP contribution in [0.2, 0.25) is 0 Å². The highest BCUT2D eigenvalue weighted by atomic mass is 16.5. The fourth-order valence-electron chi connectivity index (χ4n) is 1.81. The van der Waals surface area contributed by atoms with Crippen molar-refractivity contribution in [2.45, 2.75) is 32.4 Å². The number of carbonyl (C=O) groups excluding carboxylic acids is 1. The SMILES string of the molecule is C=C(C)C[C@@](C)(CO)NC(=O)OCc1ccccc1. The molecular formula is C15H21NO3. The first-order valence-electron chi connectivity index (χ1n) is 6.19. The van der Waals surface area contributed by atoms with E-state index in [1.54, 1.807) is 6.92 Å². The number of amides is 1. The Hall–Kier alpha value is -1.81. The van der Waals surface area contributed by atoms with Crippen molar-refractivity contribution >= 4 is 6.09 Å². The Morgan fingerprint density at radius 3 is 2.58 bits per heavy atom. The number of aliphatic hydroxyl groups is 1. The molecule has 0 saturated carbocycles. The third kappa shape index (κ3) is 5.57. The fourth-order valence-corrected chi connectivity index (χ4v) is 1.81. The van der Waals surface area contributed by atoms with Crippen LogP contribution in [0.5, 0.6) is 0 Å². The minimum atomic E-state index is -0.737. The quantitative estimate of drug-likeness (QED) is 0.776. The summed E-state index contributed by atoms with van der Waals surface area (Å²) in [6.45, 7) is 7.44. The molecule has 1 rings (SSSR count). The van der Waals surface area contributed by atoms with Gasteiger partial charge in [-0.05, 0) is 25.8 Å². The van der Waals surface area contributed by atoms with Crippen molar-refractivity contribution in [2.24, 2.45) is 0 Å². The van der Waals surface area contributed by atoms with Gasteiger partial charge in [0.25, 0.3) is 0 Å². The van der Waals surface area contributed by atoms with Crippen LogP contribution >= 0.6 is 0 Å². The van der Waals surface area contributed by atoms with Crippen molar-refractivity contribution in [3.8, 4) is 0 Å². The lowest BCUT2D eigenvalue weighted by molar-refractivity contribution is 0.111. The number of ether oxygens (including phenoxy) is 1. The highest BCUT2D eigenvalue weighted by Crippen LogP contribution is 2.14. The van der Waals surface area contributed by atoms with Crippen LogP contribution < -0.4 is 5.32 Å². The van der Waals surface area contributed by atoms with Crippen LogP contribution in [0.1, 0.15) is 25.8 Å². The molecule has 0 saturated heterocycles. The second-order valence-corrected chi connectivity index (χ2v) is 5.04. The van der Waals surface area contributed by atoms with Crippen LogP contribution in [0.25, 0.3) is 0 Å². The molecule has 4 heteroatoms. The average Bonchev–Trinajstić information content (AvgIpc) is 2.36. The number of aliphatic hydroxyl groups excluding tert-OH is 1. The predicted molar refractivity (Wildman–Crippen MR) is 74.7 cm³/mol. The van der Waals surface area contributed by atoms with E-state index >= 15 is 0 Å². The van der Waals surface area contributed by atoms with E-state index in [4.69, 9.17) is 4.74 Å². The van der Waals surface area contributed by atoms with Crippen molar-refractivity contribution in [1.82, 2.24) is 5.32 Å². The summed E-state index contributed by atoms with van der Waals surface area (Å²) >= 11 is 0. The minimum absolute atomic E-state index is 0.166. The van der Waals surface area contributed by atoms with E-state index in [0.29, 0.717) is 6.42 Å². The molecule has 104 valence electrons. The molecule has 1 amide bonds. The van der Waals surface area contributed by atoms with Gasteiger partial charge in [-0.3, -0.25) is 0 Å². The number of alkyl carbamates (subject to hydrolysis) is 1. The van der Waals surface area contributed by atoms with E-state index in [0.717, 1.165) is 11.1 Å². The molecule has 0 aliphatic carbocycles. The van der Waals surface area contributed by atoms with Gasteiger partial charge in [-0.15, -0.1) is 6.58 Å². The molecule has 1 aromatic carbocycles. The average molecular weight is 263 g/mol. The maximum absolute atomic E-state index is 11.7. The van der Waals surface area contributed by atoms with Crippen LogP contribution in [-0.2, 0) is 11.3 Å². The Bertz CT molecular complexity index is 430. The lowest BCUT2D eigenvalue weighted by atomic mass is 9.95. The van der Waals surface area contributed by atoms with Crippen molar-refractivity contribution in [2.75, 3.05) is 6.61 Å². The zero-order valence-electron chi connectivity index (χ0n) is 11.5. The fraction of sp³-hybridized carbons (Fsp3) is 0.400. The van der Waals surface area contributed by atoms with Crippen LogP contribution in [0.15, 0.2) is 42.5 Å². The molecule has 1 aromatic rings. The van der Waals surface area contributed by atoms with Gasteiger partial charge in [-0.2, -0.15) is 0 Å². The van der Waals surface area contributed by atoms with Gasteiger partial charge in [0.1, 0.15) is 6.61 Å². The summed E-state index contributed by atoms with van der Waals surface area (Å²) in [5, 5.41) is 12.0. The zero-order valence-corrected chi connectivity index (χ0v) is 11.5. The Morgan fingerprint density at radius 2 is 2.05 bits per heavy atom. The minimum Gasteiger partial charge on any atom is -0.445 e. The van der Waals surface area contributed by atoms with Crippen LogP contribution in [0, 0.1) is 0 Å². The molecule has 4 nitrogen and oxygen atoms in total. The summed E-state index contributed by atoms with van der Waals surface area (Å²) in [5.41, 5.74) is 1.07. The highest BCUT2D eigenvalue weighted by Gasteiger charge is 2.26. The van der Waals surface area contributed by atoms with Gasteiger partial charge in [0.15, 0.2) is 0 Å². The normalized spacial score (nSPS) is 13.4. The smallest absolute Gasteiger partial charge is 0.407 e. The second-order valence-electron chi connectivity index (χ2n) is 5.04. The molecule has 0 bridgehead atoms. The number of hydrogen-bond acceptors (Lipinski definition) is 3. The molecular weight excluding hydrogens is 242 g/mol. The van der Waals surface area contributed by atoms with E-state index in [2.05, 4.69) is 11.9 Å². The summed E-state index contributed by atoms with van der Waals surface area (Å²) in [7, 11) is 0. The Kier molecular flexibility index (Phi) is 5.57. The van der Waals surface area contributed by atoms with Crippen LogP contribution in [0.4, 0.5) is 4.79 Å². The van der Waals surface area contributed by atoms with E-state index in [-0.39, 0.29) is 13.2 Å². The van der Waals surface area contributed by atoms with Gasteiger partial charge in [-0.1, -0.05) is 35.9 Å². The Balaban J connectivity index is 2.47. The standard InChI is InChI=1S/C15H21NO3/c1-12(2)9-15(3,11-17)16-14(18)19-10-13-7-5-4-6-8-13/h4-8,17H,1,9-11H2,2-3H3,(H,16,18)/t15-/m0/s1. The van der Waals surface area contributed by atoms with Gasteiger partial charge >= 0.3 is 6.09 Å². The lowest BCUT2D eigenvalue weighted by Gasteiger charge is -2.28. The van der Waals surface area contributed by atoms with E-state index < -0.39 is 11.6 Å². The second kappa shape index (κ2) is 6.95. The molecule has 2 N–H and O–H groups in total. The largest absolute Gasteiger partial charge is 0.445 e. The summed E-state index contributed by atoms with van der Waals surface area (Å²) < 4.78 is 5.12. The number of benzene rings is 1. The van der Waals surface area contributed by atoms with Crippen molar-refractivity contribution in [1.29, 1.82) is 0 Å². The lowest BCUT2D eigenvalue weighted by Crippen LogP contribution is -2.49. The van der Waals surface area contributed by atoms with E-state index in [1.165, 1.54) is 0 Å². The van der Waals surface area contributed by atoms with Gasteiger partial charge in [0.05, 0.1) is 12.1 Å². The zero-order chi connectivity index (χ0) is 14.3. The molecule has 0 unspecified atom stereocenters. The Labute approximate surface area is 114 Å². The van der Waals surface area contributed by atoms with Crippen molar-refractivity contribution in [3.05, 3.63) is 48.0 Å². The topological polar surface area (TPSA) is 58.6 Å². The first-order valence-corrected chi connectivity index (χ1v) is 6.19. The molecule has 0 aliphatic rings. The molecule has 0 aromatic heterocycles. The maximum Gasteiger partial charge on any atom is 0.407 e. The molecule has 1 atom stereocenters. The van der Waals surface area contributed by atoms with Gasteiger partial charge in [0.2, 0.25) is 0 Å². The number of nitrogens with one attached hydrogen (secondary N) is 1.